The van der Waals surface area contributed by atoms with Gasteiger partial charge in [-0.2, -0.15) is 0 Å². The van der Waals surface area contributed by atoms with E-state index in [-0.39, 0.29) is 119 Å². The maximum atomic E-state index is 14.3. The average Bonchev–Trinajstić information content (AvgIpc) is 3.31. The largest absolute Gasteiger partial charge is 0.395 e. The standard InChI is InChI=1S/C45H70N6O15.2C2H6/c1-27-36(42(63)46(9-17-52)10-18-53)29(3)40(30(4)37(27)43(64)47(11-19-54)12-20-55)50(33(7)60)25-35(62)26-51(34(8)61)41-31(5)38(44(65)48(13-21-56)14-22-57)28(2)39(32(41)6)45(66)49(15-23-58)16-24-59;2*1-2/h35,52-59,62H,9-26H2,1-8H3;2*1-2H3. The maximum absolute atomic E-state index is 14.3. The van der Waals surface area contributed by atoms with Gasteiger partial charge in [-0.05, 0) is 74.9 Å². The van der Waals surface area contributed by atoms with Crippen LogP contribution in [0.1, 0.15) is 116 Å². The minimum Gasteiger partial charge on any atom is -0.395 e. The zero-order chi connectivity index (χ0) is 54.2. The number of aliphatic hydroxyl groups excluding tert-OH is 9. The number of benzene rings is 2. The van der Waals surface area contributed by atoms with Gasteiger partial charge in [-0.3, -0.25) is 28.8 Å². The van der Waals surface area contributed by atoms with E-state index in [0.29, 0.717) is 0 Å². The zero-order valence-corrected chi connectivity index (χ0v) is 43.5. The van der Waals surface area contributed by atoms with E-state index in [9.17, 15) is 74.7 Å². The molecule has 70 heavy (non-hydrogen) atoms. The predicted octanol–water partition coefficient (Wildman–Crippen LogP) is 0.0636. The number of rotatable bonds is 26. The van der Waals surface area contributed by atoms with E-state index in [0.717, 1.165) is 9.80 Å². The molecule has 398 valence electrons. The highest BCUT2D eigenvalue weighted by Crippen LogP contribution is 2.38. The number of carbonyl (C=O) groups is 6. The van der Waals surface area contributed by atoms with Crippen molar-refractivity contribution in [2.45, 2.75) is 89.2 Å². The Labute approximate surface area is 413 Å². The highest BCUT2D eigenvalue weighted by Gasteiger charge is 2.36. The van der Waals surface area contributed by atoms with Crippen molar-refractivity contribution in [3.63, 3.8) is 0 Å². The summed E-state index contributed by atoms with van der Waals surface area (Å²) in [6.45, 7) is 13.1. The Morgan fingerprint density at radius 3 is 0.671 bits per heavy atom. The minimum atomic E-state index is -1.62. The fraction of sp³-hybridized carbons (Fsp3) is 0.633. The number of carbonyl (C=O) groups excluding carboxylic acids is 6. The summed E-state index contributed by atoms with van der Waals surface area (Å²) in [6.07, 6.45) is -1.62. The van der Waals surface area contributed by atoms with E-state index >= 15 is 0 Å². The lowest BCUT2D eigenvalue weighted by Gasteiger charge is -2.35. The van der Waals surface area contributed by atoms with Gasteiger partial charge in [0.2, 0.25) is 11.8 Å². The second-order valence-corrected chi connectivity index (χ2v) is 15.8. The molecule has 21 heteroatoms. The lowest BCUT2D eigenvalue weighted by molar-refractivity contribution is -0.117. The van der Waals surface area contributed by atoms with Crippen molar-refractivity contribution >= 4 is 46.8 Å². The molecule has 0 aliphatic rings. The van der Waals surface area contributed by atoms with Gasteiger partial charge >= 0.3 is 0 Å². The Morgan fingerprint density at radius 2 is 0.529 bits per heavy atom. The van der Waals surface area contributed by atoms with E-state index < -0.39 is 107 Å². The van der Waals surface area contributed by atoms with Crippen molar-refractivity contribution in [2.24, 2.45) is 0 Å². The molecule has 0 saturated heterocycles. The van der Waals surface area contributed by atoms with Gasteiger partial charge in [0.25, 0.3) is 23.6 Å². The lowest BCUT2D eigenvalue weighted by atomic mass is 9.88. The van der Waals surface area contributed by atoms with Crippen molar-refractivity contribution in [3.8, 4) is 0 Å². The molecular weight excluding hydrogens is 913 g/mol. The van der Waals surface area contributed by atoms with Gasteiger partial charge in [0.1, 0.15) is 0 Å². The summed E-state index contributed by atoms with van der Waals surface area (Å²) in [5.41, 5.74) is 0.997. The third kappa shape index (κ3) is 16.0. The van der Waals surface area contributed by atoms with Crippen LogP contribution in [-0.4, -0.2) is 225 Å². The van der Waals surface area contributed by atoms with Gasteiger partial charge in [-0.1, -0.05) is 27.7 Å². The van der Waals surface area contributed by atoms with E-state index in [1.165, 1.54) is 75.0 Å². The fourth-order valence-corrected chi connectivity index (χ4v) is 8.60. The molecule has 0 saturated carbocycles. The number of amides is 6. The Kier molecular flexibility index (Phi) is 30.3. The third-order valence-electron chi connectivity index (χ3n) is 11.5. The van der Waals surface area contributed by atoms with Gasteiger partial charge in [0.05, 0.1) is 83.4 Å². The molecule has 0 radical (unpaired) electrons. The predicted molar refractivity (Wildman–Crippen MR) is 266 cm³/mol. The summed E-state index contributed by atoms with van der Waals surface area (Å²) in [4.78, 5) is 91.6. The summed E-state index contributed by atoms with van der Waals surface area (Å²) in [5, 5.41) is 90.3. The maximum Gasteiger partial charge on any atom is 0.254 e. The van der Waals surface area contributed by atoms with Gasteiger partial charge in [-0.15, -0.1) is 0 Å². The number of hydrogen-bond acceptors (Lipinski definition) is 15. The smallest absolute Gasteiger partial charge is 0.254 e. The zero-order valence-electron chi connectivity index (χ0n) is 43.5. The van der Waals surface area contributed by atoms with Gasteiger partial charge in [0.15, 0.2) is 0 Å². The molecule has 0 aliphatic carbocycles. The normalized spacial score (nSPS) is 10.7. The van der Waals surface area contributed by atoms with Crippen LogP contribution in [-0.2, 0) is 9.59 Å². The van der Waals surface area contributed by atoms with E-state index in [2.05, 4.69) is 0 Å². The fourth-order valence-electron chi connectivity index (χ4n) is 8.60. The highest BCUT2D eigenvalue weighted by atomic mass is 16.3. The van der Waals surface area contributed by atoms with Crippen LogP contribution in [0.25, 0.3) is 0 Å². The molecule has 0 aromatic heterocycles. The van der Waals surface area contributed by atoms with Crippen LogP contribution in [0.3, 0.4) is 0 Å². The van der Waals surface area contributed by atoms with Crippen molar-refractivity contribution in [2.75, 3.05) is 128 Å². The summed E-state index contributed by atoms with van der Waals surface area (Å²) in [5.74, 6) is -4.10. The highest BCUT2D eigenvalue weighted by molar-refractivity contribution is 6.09. The van der Waals surface area contributed by atoms with Crippen LogP contribution in [0.15, 0.2) is 0 Å². The quantitative estimate of drug-likeness (QED) is 0.0603. The first-order valence-electron chi connectivity index (χ1n) is 23.8. The van der Waals surface area contributed by atoms with Gasteiger partial charge in [0, 0.05) is 88.5 Å². The Hall–Kier alpha value is -5.10. The van der Waals surface area contributed by atoms with E-state index in [1.807, 2.05) is 27.7 Å². The Bertz CT molecular complexity index is 1770. The van der Waals surface area contributed by atoms with Crippen LogP contribution >= 0.6 is 0 Å². The van der Waals surface area contributed by atoms with Crippen molar-refractivity contribution in [1.29, 1.82) is 0 Å². The number of anilines is 2. The molecule has 0 bridgehead atoms. The molecule has 0 fully saturated rings. The van der Waals surface area contributed by atoms with Crippen molar-refractivity contribution < 1.29 is 74.7 Å². The van der Waals surface area contributed by atoms with Crippen LogP contribution < -0.4 is 9.80 Å². The van der Waals surface area contributed by atoms with Crippen LogP contribution in [0.4, 0.5) is 11.4 Å². The van der Waals surface area contributed by atoms with Gasteiger partial charge in [-0.25, -0.2) is 0 Å². The first-order chi connectivity index (χ1) is 33.2. The molecular formula is C49H82N6O15. The molecule has 0 aliphatic heterocycles. The molecule has 6 amide bonds. The van der Waals surface area contributed by atoms with Gasteiger partial charge < -0.3 is 75.4 Å². The second kappa shape index (κ2) is 32.7. The van der Waals surface area contributed by atoms with Crippen LogP contribution in [0.2, 0.25) is 0 Å². The number of hydrogen-bond donors (Lipinski definition) is 9. The summed E-state index contributed by atoms with van der Waals surface area (Å²) >= 11 is 0. The first kappa shape index (κ1) is 64.9. The van der Waals surface area contributed by atoms with E-state index in [4.69, 9.17) is 0 Å². The van der Waals surface area contributed by atoms with Crippen molar-refractivity contribution in [3.05, 3.63) is 55.6 Å². The minimum absolute atomic E-state index is 0.0401. The molecule has 9 N–H and O–H groups in total. The monoisotopic (exact) mass is 995 g/mol. The number of nitrogens with zero attached hydrogens (tertiary/aromatic N) is 6. The molecule has 21 nitrogen and oxygen atoms in total. The molecule has 0 heterocycles. The van der Waals surface area contributed by atoms with Crippen LogP contribution in [0, 0.1) is 41.5 Å². The number of aliphatic hydroxyl groups is 9. The average molecular weight is 995 g/mol. The third-order valence-corrected chi connectivity index (χ3v) is 11.5. The van der Waals surface area contributed by atoms with E-state index in [1.54, 1.807) is 0 Å². The SMILES string of the molecule is CC.CC.CC(=O)N(CC(O)CN(C(C)=O)c1c(C)c(C(=O)N(CCO)CCO)c(C)c(C(=O)N(CCO)CCO)c1C)c1c(C)c(C(=O)N(CCO)CCO)c(C)c(C(=O)N(CCO)CCO)c1C. The summed E-state index contributed by atoms with van der Waals surface area (Å²) in [6, 6.07) is 0. The molecule has 2 aromatic rings. The summed E-state index contributed by atoms with van der Waals surface area (Å²) in [7, 11) is 0. The van der Waals surface area contributed by atoms with Crippen LogP contribution in [0.5, 0.6) is 0 Å². The first-order valence-corrected chi connectivity index (χ1v) is 23.8. The molecule has 0 unspecified atom stereocenters. The lowest BCUT2D eigenvalue weighted by Crippen LogP contribution is -2.46. The molecule has 2 rings (SSSR count). The molecule has 2 aromatic carbocycles. The Balaban J connectivity index is 0.0000116. The second-order valence-electron chi connectivity index (χ2n) is 15.8. The molecule has 0 atom stereocenters. The van der Waals surface area contributed by atoms with Crippen molar-refractivity contribution in [1.82, 2.24) is 19.6 Å². The molecule has 0 spiro atoms. The Morgan fingerprint density at radius 1 is 0.357 bits per heavy atom. The summed E-state index contributed by atoms with van der Waals surface area (Å²) < 4.78 is 0. The topological polar surface area (TPSA) is 304 Å².